The Kier molecular flexibility index (Phi) is 44.3. The second kappa shape index (κ2) is 45.8. The first-order valence-electron chi connectivity index (χ1n) is 24.7. The molecule has 0 aliphatic carbocycles. The molecule has 0 fully saturated rings. The zero-order valence-corrected chi connectivity index (χ0v) is 37.7. The summed E-state index contributed by atoms with van der Waals surface area (Å²) in [7, 11) is 0. The lowest BCUT2D eigenvalue weighted by Crippen LogP contribution is -2.30. The van der Waals surface area contributed by atoms with Crippen molar-refractivity contribution < 1.29 is 28.6 Å². The summed E-state index contributed by atoms with van der Waals surface area (Å²) in [6, 6.07) is 0. The van der Waals surface area contributed by atoms with Crippen molar-refractivity contribution >= 4 is 17.9 Å². The van der Waals surface area contributed by atoms with E-state index in [4.69, 9.17) is 14.2 Å². The predicted octanol–water partition coefficient (Wildman–Crippen LogP) is 15.8. The Morgan fingerprint density at radius 3 is 0.964 bits per heavy atom. The van der Waals surface area contributed by atoms with Gasteiger partial charge in [0, 0.05) is 19.3 Å². The Balaban J connectivity index is 4.27. The smallest absolute Gasteiger partial charge is 0.306 e. The van der Waals surface area contributed by atoms with Crippen molar-refractivity contribution in [3.63, 3.8) is 0 Å². The van der Waals surface area contributed by atoms with Crippen molar-refractivity contribution in [3.8, 4) is 0 Å². The molecule has 1 unspecified atom stereocenters. The number of allylic oxidation sites excluding steroid dienone is 2. The molecule has 0 aromatic heterocycles. The second-order valence-electron chi connectivity index (χ2n) is 16.7. The molecule has 0 saturated carbocycles. The van der Waals surface area contributed by atoms with E-state index in [1.165, 1.54) is 173 Å². The van der Waals surface area contributed by atoms with E-state index in [-0.39, 0.29) is 31.1 Å². The molecule has 0 aliphatic rings. The van der Waals surface area contributed by atoms with Gasteiger partial charge in [-0.05, 0) is 38.5 Å². The first-order chi connectivity index (χ1) is 27.5. The van der Waals surface area contributed by atoms with Crippen molar-refractivity contribution in [2.24, 2.45) is 0 Å². The molecule has 0 amide bonds. The van der Waals surface area contributed by atoms with Gasteiger partial charge in [0.25, 0.3) is 0 Å². The molecule has 6 heteroatoms. The highest BCUT2D eigenvalue weighted by Gasteiger charge is 2.19. The van der Waals surface area contributed by atoms with Gasteiger partial charge in [-0.15, -0.1) is 0 Å². The molecule has 0 aliphatic heterocycles. The number of carbonyl (C=O) groups is 3. The molecular weight excluding hydrogens is 697 g/mol. The number of hydrogen-bond acceptors (Lipinski definition) is 6. The van der Waals surface area contributed by atoms with Crippen molar-refractivity contribution in [2.45, 2.75) is 277 Å². The number of hydrogen-bond donors (Lipinski definition) is 0. The number of rotatable bonds is 45. The molecule has 0 aromatic carbocycles. The van der Waals surface area contributed by atoms with Crippen molar-refractivity contribution in [2.75, 3.05) is 13.2 Å². The molecule has 1 atom stereocenters. The van der Waals surface area contributed by atoms with Gasteiger partial charge in [0.1, 0.15) is 13.2 Å². The SMILES string of the molecule is CCCCCC/C=C\CCCC(=O)OCC(COC(=O)CCCCCCCCCCCCCCCCCCC)OC(=O)CCCCCCCCCCCCCC. The van der Waals surface area contributed by atoms with E-state index in [1.807, 2.05) is 0 Å². The van der Waals surface area contributed by atoms with Crippen LogP contribution in [-0.4, -0.2) is 37.2 Å². The zero-order valence-electron chi connectivity index (χ0n) is 37.7. The van der Waals surface area contributed by atoms with E-state index in [2.05, 4.69) is 32.9 Å². The Bertz CT molecular complexity index is 870. The lowest BCUT2D eigenvalue weighted by Gasteiger charge is -2.18. The number of unbranched alkanes of at least 4 members (excludes halogenated alkanes) is 32. The van der Waals surface area contributed by atoms with Gasteiger partial charge in [-0.3, -0.25) is 14.4 Å². The van der Waals surface area contributed by atoms with E-state index in [1.54, 1.807) is 0 Å². The fourth-order valence-electron chi connectivity index (χ4n) is 7.27. The normalized spacial score (nSPS) is 12.0. The summed E-state index contributed by atoms with van der Waals surface area (Å²) >= 11 is 0. The molecule has 0 spiro atoms. The van der Waals surface area contributed by atoms with Crippen LogP contribution < -0.4 is 0 Å². The quantitative estimate of drug-likeness (QED) is 0.0264. The molecule has 0 N–H and O–H groups in total. The van der Waals surface area contributed by atoms with E-state index >= 15 is 0 Å². The highest BCUT2D eigenvalue weighted by atomic mass is 16.6. The third-order valence-corrected chi connectivity index (χ3v) is 11.0. The van der Waals surface area contributed by atoms with Crippen LogP contribution in [0.2, 0.25) is 0 Å². The van der Waals surface area contributed by atoms with Crippen LogP contribution in [0.5, 0.6) is 0 Å². The molecule has 330 valence electrons. The maximum atomic E-state index is 12.7. The van der Waals surface area contributed by atoms with E-state index in [0.717, 1.165) is 57.8 Å². The van der Waals surface area contributed by atoms with Gasteiger partial charge in [0.05, 0.1) is 0 Å². The minimum Gasteiger partial charge on any atom is -0.462 e. The van der Waals surface area contributed by atoms with Crippen LogP contribution in [0.25, 0.3) is 0 Å². The first-order valence-corrected chi connectivity index (χ1v) is 24.7. The number of carbonyl (C=O) groups excluding carboxylic acids is 3. The standard InChI is InChI=1S/C50H94O6/c1-4-7-10-13-16-19-21-23-24-25-26-27-29-31-34-37-40-43-49(52)55-46-47(45-54-48(51)42-39-36-33-30-18-15-12-9-6-3)56-50(53)44-41-38-35-32-28-22-20-17-14-11-8-5-2/h30,33,47H,4-29,31-32,34-46H2,1-3H3/b33-30-. The summed E-state index contributed by atoms with van der Waals surface area (Å²) in [5.41, 5.74) is 0. The van der Waals surface area contributed by atoms with E-state index < -0.39 is 6.10 Å². The summed E-state index contributed by atoms with van der Waals surface area (Å²) in [4.78, 5) is 37.7. The Hall–Kier alpha value is -1.85. The molecule has 0 radical (unpaired) electrons. The van der Waals surface area contributed by atoms with Crippen LogP contribution in [0.4, 0.5) is 0 Å². The summed E-state index contributed by atoms with van der Waals surface area (Å²) in [5.74, 6) is -0.898. The summed E-state index contributed by atoms with van der Waals surface area (Å²) in [6.07, 6.45) is 49.2. The minimum absolute atomic E-state index is 0.0734. The molecule has 0 saturated heterocycles. The Morgan fingerprint density at radius 2 is 0.607 bits per heavy atom. The fraction of sp³-hybridized carbons (Fsp3) is 0.900. The van der Waals surface area contributed by atoms with Gasteiger partial charge in [0.15, 0.2) is 6.10 Å². The fourth-order valence-corrected chi connectivity index (χ4v) is 7.27. The van der Waals surface area contributed by atoms with Crippen molar-refractivity contribution in [1.29, 1.82) is 0 Å². The van der Waals surface area contributed by atoms with Gasteiger partial charge in [-0.1, -0.05) is 226 Å². The predicted molar refractivity (Wildman–Crippen MR) is 238 cm³/mol. The van der Waals surface area contributed by atoms with Gasteiger partial charge in [-0.25, -0.2) is 0 Å². The van der Waals surface area contributed by atoms with Crippen molar-refractivity contribution in [3.05, 3.63) is 12.2 Å². The van der Waals surface area contributed by atoms with Crippen LogP contribution >= 0.6 is 0 Å². The maximum Gasteiger partial charge on any atom is 0.306 e. The van der Waals surface area contributed by atoms with Gasteiger partial charge >= 0.3 is 17.9 Å². The average Bonchev–Trinajstić information content (AvgIpc) is 3.19. The highest BCUT2D eigenvalue weighted by Crippen LogP contribution is 2.16. The zero-order chi connectivity index (χ0) is 40.8. The van der Waals surface area contributed by atoms with Gasteiger partial charge < -0.3 is 14.2 Å². The van der Waals surface area contributed by atoms with Gasteiger partial charge in [-0.2, -0.15) is 0 Å². The van der Waals surface area contributed by atoms with Crippen molar-refractivity contribution in [1.82, 2.24) is 0 Å². The Labute approximate surface area is 348 Å². The van der Waals surface area contributed by atoms with Crippen LogP contribution in [0.15, 0.2) is 12.2 Å². The largest absolute Gasteiger partial charge is 0.462 e. The number of esters is 3. The lowest BCUT2D eigenvalue weighted by atomic mass is 10.0. The number of ether oxygens (including phenoxy) is 3. The van der Waals surface area contributed by atoms with Crippen LogP contribution in [-0.2, 0) is 28.6 Å². The van der Waals surface area contributed by atoms with E-state index in [0.29, 0.717) is 19.3 Å². The molecule has 6 nitrogen and oxygen atoms in total. The monoisotopic (exact) mass is 791 g/mol. The molecule has 0 aromatic rings. The van der Waals surface area contributed by atoms with Crippen LogP contribution in [0.3, 0.4) is 0 Å². The molecule has 0 rings (SSSR count). The van der Waals surface area contributed by atoms with Crippen LogP contribution in [0.1, 0.15) is 271 Å². The summed E-state index contributed by atoms with van der Waals surface area (Å²) in [6.45, 7) is 6.60. The summed E-state index contributed by atoms with van der Waals surface area (Å²) in [5, 5.41) is 0. The second-order valence-corrected chi connectivity index (χ2v) is 16.7. The average molecular weight is 791 g/mol. The molecule has 0 bridgehead atoms. The Morgan fingerprint density at radius 1 is 0.339 bits per heavy atom. The van der Waals surface area contributed by atoms with Gasteiger partial charge in [0.2, 0.25) is 0 Å². The first kappa shape index (κ1) is 54.2. The van der Waals surface area contributed by atoms with Crippen LogP contribution in [0, 0.1) is 0 Å². The minimum atomic E-state index is -0.772. The molecule has 56 heavy (non-hydrogen) atoms. The maximum absolute atomic E-state index is 12.7. The third kappa shape index (κ3) is 43.3. The highest BCUT2D eigenvalue weighted by molar-refractivity contribution is 5.71. The topological polar surface area (TPSA) is 78.9 Å². The van der Waals surface area contributed by atoms with E-state index in [9.17, 15) is 14.4 Å². The lowest BCUT2D eigenvalue weighted by molar-refractivity contribution is -0.167. The molecule has 0 heterocycles. The summed E-state index contributed by atoms with van der Waals surface area (Å²) < 4.78 is 16.7. The third-order valence-electron chi connectivity index (χ3n) is 11.0. The molecular formula is C50H94O6.